The van der Waals surface area contributed by atoms with Crippen LogP contribution in [0.2, 0.25) is 5.02 Å². The molecule has 0 aromatic heterocycles. The van der Waals surface area contributed by atoms with Crippen molar-refractivity contribution in [3.8, 4) is 5.75 Å². The first kappa shape index (κ1) is 12.2. The van der Waals surface area contributed by atoms with Crippen LogP contribution in [0.3, 0.4) is 0 Å². The number of carbonyl (C=O) groups is 1. The molecule has 0 amide bonds. The third-order valence-electron chi connectivity index (χ3n) is 2.78. The monoisotopic (exact) mass is 255 g/mol. The Morgan fingerprint density at radius 3 is 2.76 bits per heavy atom. The molecule has 1 aliphatic heterocycles. The van der Waals surface area contributed by atoms with Crippen molar-refractivity contribution in [2.24, 2.45) is 0 Å². The lowest BCUT2D eigenvalue weighted by Crippen LogP contribution is -2.64. The molecule has 0 saturated carbocycles. The summed E-state index contributed by atoms with van der Waals surface area (Å²) in [7, 11) is 0. The van der Waals surface area contributed by atoms with Crippen molar-refractivity contribution in [1.82, 2.24) is 5.32 Å². The Morgan fingerprint density at radius 1 is 1.59 bits per heavy atom. The van der Waals surface area contributed by atoms with Crippen molar-refractivity contribution >= 4 is 17.6 Å². The van der Waals surface area contributed by atoms with Gasteiger partial charge in [-0.1, -0.05) is 17.7 Å². The van der Waals surface area contributed by atoms with Crippen LogP contribution in [0, 0.1) is 6.92 Å². The number of ether oxygens (including phenoxy) is 1. The predicted octanol–water partition coefficient (Wildman–Crippen LogP) is 1.84. The number of rotatable bonds is 4. The zero-order valence-electron chi connectivity index (χ0n) is 9.50. The molecule has 0 bridgehead atoms. The summed E-state index contributed by atoms with van der Waals surface area (Å²) in [5, 5.41) is 12.4. The van der Waals surface area contributed by atoms with Crippen molar-refractivity contribution in [2.45, 2.75) is 18.9 Å². The Labute approximate surface area is 105 Å². The van der Waals surface area contributed by atoms with Crippen LogP contribution in [0.15, 0.2) is 18.2 Å². The van der Waals surface area contributed by atoms with Crippen LogP contribution in [-0.4, -0.2) is 29.8 Å². The van der Waals surface area contributed by atoms with Crippen LogP contribution in [0.1, 0.15) is 12.0 Å². The van der Waals surface area contributed by atoms with E-state index in [2.05, 4.69) is 5.32 Å². The molecule has 0 spiro atoms. The predicted molar refractivity (Wildman–Crippen MR) is 64.7 cm³/mol. The third kappa shape index (κ3) is 2.70. The number of carboxylic acids is 1. The standard InChI is InChI=1S/C12H14ClNO3/c1-8-2-3-10(9(13)4-8)17-12(5-11(15)16)6-14-7-12/h2-4,14H,5-7H2,1H3,(H,15,16). The van der Waals surface area contributed by atoms with Gasteiger partial charge in [-0.2, -0.15) is 0 Å². The van der Waals surface area contributed by atoms with Crippen LogP contribution in [0.25, 0.3) is 0 Å². The van der Waals surface area contributed by atoms with E-state index in [-0.39, 0.29) is 6.42 Å². The first-order valence-corrected chi connectivity index (χ1v) is 5.76. The average molecular weight is 256 g/mol. The molecule has 1 saturated heterocycles. The lowest BCUT2D eigenvalue weighted by atomic mass is 9.92. The lowest BCUT2D eigenvalue weighted by molar-refractivity contribution is -0.143. The van der Waals surface area contributed by atoms with E-state index in [4.69, 9.17) is 21.4 Å². The van der Waals surface area contributed by atoms with Gasteiger partial charge in [0.2, 0.25) is 0 Å². The molecule has 0 unspecified atom stereocenters. The molecule has 4 nitrogen and oxygen atoms in total. The molecule has 1 heterocycles. The minimum Gasteiger partial charge on any atom is -0.482 e. The van der Waals surface area contributed by atoms with Gasteiger partial charge >= 0.3 is 5.97 Å². The first-order chi connectivity index (χ1) is 8.01. The Morgan fingerprint density at radius 2 is 2.29 bits per heavy atom. The number of benzene rings is 1. The van der Waals surface area contributed by atoms with Gasteiger partial charge in [-0.15, -0.1) is 0 Å². The van der Waals surface area contributed by atoms with Crippen molar-refractivity contribution in [2.75, 3.05) is 13.1 Å². The molecular weight excluding hydrogens is 242 g/mol. The van der Waals surface area contributed by atoms with Gasteiger partial charge in [-0.3, -0.25) is 4.79 Å². The molecule has 1 aromatic rings. The van der Waals surface area contributed by atoms with E-state index < -0.39 is 11.6 Å². The number of hydrogen-bond acceptors (Lipinski definition) is 3. The van der Waals surface area contributed by atoms with Gasteiger partial charge in [0.1, 0.15) is 11.4 Å². The van der Waals surface area contributed by atoms with Gasteiger partial charge in [-0.25, -0.2) is 0 Å². The maximum atomic E-state index is 10.8. The molecule has 0 atom stereocenters. The Bertz CT molecular complexity index is 443. The van der Waals surface area contributed by atoms with Crippen LogP contribution >= 0.6 is 11.6 Å². The van der Waals surface area contributed by atoms with Gasteiger partial charge < -0.3 is 15.2 Å². The number of hydrogen-bond donors (Lipinski definition) is 2. The number of nitrogens with one attached hydrogen (secondary N) is 1. The van der Waals surface area contributed by atoms with E-state index in [9.17, 15) is 4.79 Å². The molecule has 5 heteroatoms. The highest BCUT2D eigenvalue weighted by molar-refractivity contribution is 6.32. The van der Waals surface area contributed by atoms with E-state index in [0.717, 1.165) is 5.56 Å². The topological polar surface area (TPSA) is 58.6 Å². The average Bonchev–Trinajstić information content (AvgIpc) is 2.18. The highest BCUT2D eigenvalue weighted by Gasteiger charge is 2.41. The van der Waals surface area contributed by atoms with Gasteiger partial charge in [0, 0.05) is 13.1 Å². The molecule has 0 aliphatic carbocycles. The summed E-state index contributed by atoms with van der Waals surface area (Å²) in [6.45, 7) is 3.00. The molecule has 1 fully saturated rings. The molecule has 0 radical (unpaired) electrons. The Balaban J connectivity index is 2.15. The number of carboxylic acid groups (broad SMARTS) is 1. The van der Waals surface area contributed by atoms with Gasteiger partial charge in [-0.05, 0) is 24.6 Å². The summed E-state index contributed by atoms with van der Waals surface area (Å²) >= 11 is 6.06. The smallest absolute Gasteiger partial charge is 0.307 e. The molecular formula is C12H14ClNO3. The van der Waals surface area contributed by atoms with Gasteiger partial charge in [0.15, 0.2) is 0 Å². The van der Waals surface area contributed by atoms with Crippen LogP contribution in [0.4, 0.5) is 0 Å². The van der Waals surface area contributed by atoms with Crippen LogP contribution < -0.4 is 10.1 Å². The zero-order chi connectivity index (χ0) is 12.5. The first-order valence-electron chi connectivity index (χ1n) is 5.38. The van der Waals surface area contributed by atoms with Crippen LogP contribution in [0.5, 0.6) is 5.75 Å². The Hall–Kier alpha value is -1.26. The van der Waals surface area contributed by atoms with Crippen molar-refractivity contribution < 1.29 is 14.6 Å². The summed E-state index contributed by atoms with van der Waals surface area (Å²) in [5.41, 5.74) is 0.381. The fraction of sp³-hybridized carbons (Fsp3) is 0.417. The van der Waals surface area contributed by atoms with Gasteiger partial charge in [0.25, 0.3) is 0 Å². The summed E-state index contributed by atoms with van der Waals surface area (Å²) in [4.78, 5) is 10.8. The van der Waals surface area contributed by atoms with E-state index >= 15 is 0 Å². The molecule has 2 N–H and O–H groups in total. The van der Waals surface area contributed by atoms with Crippen molar-refractivity contribution in [1.29, 1.82) is 0 Å². The second kappa shape index (κ2) is 4.55. The quantitative estimate of drug-likeness (QED) is 0.862. The molecule has 17 heavy (non-hydrogen) atoms. The van der Waals surface area contributed by atoms with E-state index in [1.54, 1.807) is 12.1 Å². The minimum absolute atomic E-state index is 0.0236. The Kier molecular flexibility index (Phi) is 3.26. The van der Waals surface area contributed by atoms with Crippen molar-refractivity contribution in [3.63, 3.8) is 0 Å². The van der Waals surface area contributed by atoms with Crippen molar-refractivity contribution in [3.05, 3.63) is 28.8 Å². The minimum atomic E-state index is -0.866. The molecule has 2 rings (SSSR count). The maximum Gasteiger partial charge on any atom is 0.307 e. The summed E-state index contributed by atoms with van der Waals surface area (Å²) < 4.78 is 5.76. The zero-order valence-corrected chi connectivity index (χ0v) is 10.3. The molecule has 92 valence electrons. The summed E-state index contributed by atoms with van der Waals surface area (Å²) in [6, 6.07) is 5.47. The highest BCUT2D eigenvalue weighted by Crippen LogP contribution is 2.31. The fourth-order valence-corrected chi connectivity index (χ4v) is 2.11. The summed E-state index contributed by atoms with van der Waals surface area (Å²) in [6.07, 6.45) is -0.0236. The second-order valence-corrected chi connectivity index (χ2v) is 4.80. The number of halogens is 1. The lowest BCUT2D eigenvalue weighted by Gasteiger charge is -2.41. The summed E-state index contributed by atoms with van der Waals surface area (Å²) in [5.74, 6) is -0.324. The van der Waals surface area contributed by atoms with Gasteiger partial charge in [0.05, 0.1) is 11.4 Å². The van der Waals surface area contributed by atoms with Crippen LogP contribution in [-0.2, 0) is 4.79 Å². The van der Waals surface area contributed by atoms with E-state index in [0.29, 0.717) is 23.9 Å². The highest BCUT2D eigenvalue weighted by atomic mass is 35.5. The van der Waals surface area contributed by atoms with E-state index in [1.807, 2.05) is 13.0 Å². The second-order valence-electron chi connectivity index (χ2n) is 4.39. The maximum absolute atomic E-state index is 10.8. The molecule has 1 aliphatic rings. The molecule has 1 aromatic carbocycles. The number of aryl methyl sites for hydroxylation is 1. The fourth-order valence-electron chi connectivity index (χ4n) is 1.83. The largest absolute Gasteiger partial charge is 0.482 e. The SMILES string of the molecule is Cc1ccc(OC2(CC(=O)O)CNC2)c(Cl)c1. The third-order valence-corrected chi connectivity index (χ3v) is 3.08. The van der Waals surface area contributed by atoms with E-state index in [1.165, 1.54) is 0 Å². The number of aliphatic carboxylic acids is 1. The normalized spacial score (nSPS) is 17.3.